The van der Waals surface area contributed by atoms with Crippen molar-refractivity contribution in [1.29, 1.82) is 0 Å². The molecule has 1 N–H and O–H groups in total. The Hall–Kier alpha value is -0.820. The number of benzene rings is 1. The molecule has 0 fully saturated rings. The fraction of sp³-hybridized carbons (Fsp3) is 0.571. The van der Waals surface area contributed by atoms with E-state index in [0.29, 0.717) is 18.4 Å². The predicted octanol–water partition coefficient (Wildman–Crippen LogP) is 2.73. The number of fused-ring (bicyclic) bond motifs is 1. The van der Waals surface area contributed by atoms with Crippen molar-refractivity contribution in [2.75, 3.05) is 6.61 Å². The van der Waals surface area contributed by atoms with E-state index >= 15 is 0 Å². The molecule has 0 bridgehead atoms. The maximum atomic E-state index is 9.20. The Morgan fingerprint density at radius 2 is 2.27 bits per heavy atom. The van der Waals surface area contributed by atoms with Crippen molar-refractivity contribution in [2.24, 2.45) is 11.8 Å². The van der Waals surface area contributed by atoms with Crippen LogP contribution in [0.2, 0.25) is 0 Å². The van der Waals surface area contributed by atoms with Crippen LogP contribution in [-0.2, 0) is 12.8 Å². The van der Waals surface area contributed by atoms with Crippen LogP contribution in [0, 0.1) is 18.8 Å². The van der Waals surface area contributed by atoms with Gasteiger partial charge in [0, 0.05) is 6.61 Å². The van der Waals surface area contributed by atoms with Crippen LogP contribution in [0.25, 0.3) is 0 Å². The molecular formula is C14H20O. The van der Waals surface area contributed by atoms with E-state index in [1.807, 2.05) is 0 Å². The minimum atomic E-state index is 0.325. The highest BCUT2D eigenvalue weighted by Crippen LogP contribution is 2.31. The average Bonchev–Trinajstić information content (AvgIpc) is 2.28. The Bertz CT molecular complexity index is 343. The minimum absolute atomic E-state index is 0.325. The molecule has 0 heterocycles. The molecule has 0 aliphatic heterocycles. The lowest BCUT2D eigenvalue weighted by molar-refractivity contribution is 0.178. The second kappa shape index (κ2) is 4.36. The summed E-state index contributed by atoms with van der Waals surface area (Å²) < 4.78 is 0. The molecule has 0 saturated carbocycles. The Morgan fingerprint density at radius 3 is 3.00 bits per heavy atom. The van der Waals surface area contributed by atoms with Gasteiger partial charge in [-0.2, -0.15) is 0 Å². The van der Waals surface area contributed by atoms with Crippen LogP contribution >= 0.6 is 0 Å². The summed E-state index contributed by atoms with van der Waals surface area (Å²) in [6, 6.07) is 6.61. The van der Waals surface area contributed by atoms with Crippen molar-refractivity contribution in [3.05, 3.63) is 34.9 Å². The van der Waals surface area contributed by atoms with Gasteiger partial charge in [-0.15, -0.1) is 0 Å². The highest BCUT2D eigenvalue weighted by molar-refractivity contribution is 5.36. The van der Waals surface area contributed by atoms with Gasteiger partial charge in [-0.3, -0.25) is 0 Å². The maximum absolute atomic E-state index is 9.20. The van der Waals surface area contributed by atoms with Crippen LogP contribution < -0.4 is 0 Å². The van der Waals surface area contributed by atoms with E-state index in [-0.39, 0.29) is 0 Å². The highest BCUT2D eigenvalue weighted by Gasteiger charge is 2.23. The fourth-order valence-corrected chi connectivity index (χ4v) is 2.63. The van der Waals surface area contributed by atoms with Gasteiger partial charge in [-0.05, 0) is 54.7 Å². The number of hydrogen-bond acceptors (Lipinski definition) is 1. The van der Waals surface area contributed by atoms with Crippen molar-refractivity contribution in [3.8, 4) is 0 Å². The second-order valence-electron chi connectivity index (χ2n) is 4.88. The Balaban J connectivity index is 2.22. The number of aryl methyl sites for hydroxylation is 2. The summed E-state index contributed by atoms with van der Waals surface area (Å²) in [5.74, 6) is 1.11. The molecule has 0 amide bonds. The molecule has 1 aliphatic rings. The molecule has 1 aliphatic carbocycles. The molecule has 0 aromatic heterocycles. The summed E-state index contributed by atoms with van der Waals surface area (Å²) in [6.45, 7) is 4.69. The van der Waals surface area contributed by atoms with Crippen molar-refractivity contribution in [3.63, 3.8) is 0 Å². The van der Waals surface area contributed by atoms with Gasteiger partial charge >= 0.3 is 0 Å². The quantitative estimate of drug-likeness (QED) is 0.785. The first-order valence-electron chi connectivity index (χ1n) is 5.90. The highest BCUT2D eigenvalue weighted by atomic mass is 16.3. The lowest BCUT2D eigenvalue weighted by Gasteiger charge is -2.29. The summed E-state index contributed by atoms with van der Waals surface area (Å²) in [5.41, 5.74) is 4.48. The zero-order valence-corrected chi connectivity index (χ0v) is 9.66. The van der Waals surface area contributed by atoms with Crippen molar-refractivity contribution in [1.82, 2.24) is 0 Å². The summed E-state index contributed by atoms with van der Waals surface area (Å²) >= 11 is 0. The van der Waals surface area contributed by atoms with Gasteiger partial charge in [-0.1, -0.05) is 25.1 Å². The standard InChI is InChI=1S/C14H20O/c1-10-4-3-5-12-6-7-13(8-14(10)12)11(2)9-15/h3-5,11,13,15H,6-9H2,1-2H3. The van der Waals surface area contributed by atoms with E-state index in [1.165, 1.54) is 29.5 Å². The van der Waals surface area contributed by atoms with Crippen LogP contribution in [0.15, 0.2) is 18.2 Å². The molecule has 2 unspecified atom stereocenters. The predicted molar refractivity (Wildman–Crippen MR) is 62.9 cm³/mol. The van der Waals surface area contributed by atoms with Gasteiger partial charge in [0.15, 0.2) is 0 Å². The van der Waals surface area contributed by atoms with Crippen LogP contribution in [0.5, 0.6) is 0 Å². The number of aliphatic hydroxyl groups excluding tert-OH is 1. The molecule has 15 heavy (non-hydrogen) atoms. The molecule has 1 aromatic rings. The summed E-state index contributed by atoms with van der Waals surface area (Å²) in [6.07, 6.45) is 3.58. The van der Waals surface area contributed by atoms with Gasteiger partial charge in [0.1, 0.15) is 0 Å². The van der Waals surface area contributed by atoms with E-state index in [9.17, 15) is 5.11 Å². The fourth-order valence-electron chi connectivity index (χ4n) is 2.63. The SMILES string of the molecule is Cc1cccc2c1CC(C(C)CO)CC2. The van der Waals surface area contributed by atoms with Crippen molar-refractivity contribution < 1.29 is 5.11 Å². The van der Waals surface area contributed by atoms with Crippen molar-refractivity contribution >= 4 is 0 Å². The summed E-state index contributed by atoms with van der Waals surface area (Å²) in [4.78, 5) is 0. The molecule has 0 spiro atoms. The molecule has 1 nitrogen and oxygen atoms in total. The molecule has 1 aromatic carbocycles. The van der Waals surface area contributed by atoms with Crippen LogP contribution in [0.3, 0.4) is 0 Å². The van der Waals surface area contributed by atoms with Gasteiger partial charge in [0.05, 0.1) is 0 Å². The number of hydrogen-bond donors (Lipinski definition) is 1. The molecule has 0 saturated heterocycles. The molecular weight excluding hydrogens is 184 g/mol. The molecule has 2 atom stereocenters. The lowest BCUT2D eigenvalue weighted by atomic mass is 9.77. The molecule has 1 heteroatoms. The van der Waals surface area contributed by atoms with E-state index in [2.05, 4.69) is 32.0 Å². The van der Waals surface area contributed by atoms with Crippen molar-refractivity contribution in [2.45, 2.75) is 33.1 Å². The summed E-state index contributed by atoms with van der Waals surface area (Å²) in [7, 11) is 0. The Labute approximate surface area is 92.1 Å². The van der Waals surface area contributed by atoms with E-state index in [1.54, 1.807) is 0 Å². The topological polar surface area (TPSA) is 20.2 Å². The molecule has 2 rings (SSSR count). The lowest BCUT2D eigenvalue weighted by Crippen LogP contribution is -2.23. The average molecular weight is 204 g/mol. The van der Waals surface area contributed by atoms with Crippen LogP contribution in [-0.4, -0.2) is 11.7 Å². The zero-order chi connectivity index (χ0) is 10.8. The normalized spacial score (nSPS) is 22.2. The Kier molecular flexibility index (Phi) is 3.11. The first-order valence-corrected chi connectivity index (χ1v) is 5.90. The Morgan fingerprint density at radius 1 is 1.47 bits per heavy atom. The van der Waals surface area contributed by atoms with E-state index in [4.69, 9.17) is 0 Å². The monoisotopic (exact) mass is 204 g/mol. The molecule has 82 valence electrons. The van der Waals surface area contributed by atoms with Crippen LogP contribution in [0.1, 0.15) is 30.0 Å². The third-order valence-electron chi connectivity index (χ3n) is 3.85. The third-order valence-corrected chi connectivity index (χ3v) is 3.85. The van der Waals surface area contributed by atoms with E-state index in [0.717, 1.165) is 6.42 Å². The molecule has 0 radical (unpaired) electrons. The smallest absolute Gasteiger partial charge is 0.0459 e. The van der Waals surface area contributed by atoms with E-state index < -0.39 is 0 Å². The maximum Gasteiger partial charge on any atom is 0.0459 e. The van der Waals surface area contributed by atoms with Gasteiger partial charge in [0.2, 0.25) is 0 Å². The number of rotatable bonds is 2. The second-order valence-corrected chi connectivity index (χ2v) is 4.88. The van der Waals surface area contributed by atoms with Gasteiger partial charge < -0.3 is 5.11 Å². The third kappa shape index (κ3) is 2.07. The first-order chi connectivity index (χ1) is 7.22. The summed E-state index contributed by atoms with van der Waals surface area (Å²) in [5, 5.41) is 9.20. The van der Waals surface area contributed by atoms with Crippen LogP contribution in [0.4, 0.5) is 0 Å². The largest absolute Gasteiger partial charge is 0.396 e. The first kappa shape index (κ1) is 10.7. The number of aliphatic hydroxyl groups is 1. The van der Waals surface area contributed by atoms with Gasteiger partial charge in [-0.25, -0.2) is 0 Å². The minimum Gasteiger partial charge on any atom is -0.396 e. The zero-order valence-electron chi connectivity index (χ0n) is 9.66. The van der Waals surface area contributed by atoms with Gasteiger partial charge in [0.25, 0.3) is 0 Å².